The van der Waals surface area contributed by atoms with Crippen LogP contribution in [0.4, 0.5) is 0 Å². The molecule has 1 aromatic carbocycles. The van der Waals surface area contributed by atoms with E-state index in [9.17, 15) is 0 Å². The normalized spacial score (nSPS) is 15.6. The van der Waals surface area contributed by atoms with E-state index < -0.39 is 0 Å². The summed E-state index contributed by atoms with van der Waals surface area (Å²) in [4.78, 5) is 7.23. The molecule has 1 fully saturated rings. The Bertz CT molecular complexity index is 596. The predicted molar refractivity (Wildman–Crippen MR) is 123 cm³/mol. The van der Waals surface area contributed by atoms with Crippen LogP contribution in [-0.2, 0) is 15.9 Å². The molecule has 1 aliphatic rings. The van der Waals surface area contributed by atoms with Crippen molar-refractivity contribution in [2.24, 2.45) is 10.9 Å². The minimum atomic E-state index is 0.359. The lowest BCUT2D eigenvalue weighted by molar-refractivity contribution is 0.00991. The van der Waals surface area contributed by atoms with Crippen molar-refractivity contribution in [3.8, 4) is 5.75 Å². The van der Waals surface area contributed by atoms with Crippen LogP contribution in [0.2, 0.25) is 0 Å². The second kappa shape index (κ2) is 14.3. The number of piperidine rings is 1. The molecule has 0 bridgehead atoms. The van der Waals surface area contributed by atoms with Crippen LogP contribution in [0.1, 0.15) is 45.6 Å². The van der Waals surface area contributed by atoms with Crippen LogP contribution < -0.4 is 10.1 Å². The van der Waals surface area contributed by atoms with Crippen molar-refractivity contribution < 1.29 is 14.2 Å². The average Bonchev–Trinajstić information content (AvgIpc) is 2.76. The van der Waals surface area contributed by atoms with Gasteiger partial charge in [0.2, 0.25) is 0 Å². The molecular weight excluding hydrogens is 378 g/mol. The molecule has 0 spiro atoms. The van der Waals surface area contributed by atoms with Crippen molar-refractivity contribution in [3.63, 3.8) is 0 Å². The van der Waals surface area contributed by atoms with Crippen LogP contribution in [-0.4, -0.2) is 70.1 Å². The van der Waals surface area contributed by atoms with Gasteiger partial charge in [-0.25, -0.2) is 0 Å². The third-order valence-corrected chi connectivity index (χ3v) is 5.09. The maximum atomic E-state index is 5.97. The van der Waals surface area contributed by atoms with Gasteiger partial charge < -0.3 is 24.4 Å². The van der Waals surface area contributed by atoms with Crippen LogP contribution in [0.5, 0.6) is 5.75 Å². The van der Waals surface area contributed by atoms with Gasteiger partial charge in [0.25, 0.3) is 0 Å². The molecule has 0 aromatic heterocycles. The molecule has 0 saturated carbocycles. The number of ether oxygens (including phenoxy) is 3. The fourth-order valence-corrected chi connectivity index (χ4v) is 3.42. The molecule has 0 unspecified atom stereocenters. The molecule has 1 heterocycles. The van der Waals surface area contributed by atoms with E-state index in [1.165, 1.54) is 5.56 Å². The summed E-state index contributed by atoms with van der Waals surface area (Å²) in [5, 5.41) is 3.45. The van der Waals surface area contributed by atoms with Crippen LogP contribution in [0.3, 0.4) is 0 Å². The summed E-state index contributed by atoms with van der Waals surface area (Å²) in [7, 11) is 1.73. The van der Waals surface area contributed by atoms with E-state index >= 15 is 0 Å². The van der Waals surface area contributed by atoms with Gasteiger partial charge in [0.1, 0.15) is 5.75 Å². The van der Waals surface area contributed by atoms with E-state index in [1.807, 2.05) is 0 Å². The van der Waals surface area contributed by atoms with Crippen molar-refractivity contribution in [2.75, 3.05) is 53.1 Å². The van der Waals surface area contributed by atoms with E-state index in [4.69, 9.17) is 19.2 Å². The third kappa shape index (κ3) is 9.35. The van der Waals surface area contributed by atoms with Crippen LogP contribution in [0, 0.1) is 5.92 Å². The molecule has 1 saturated heterocycles. The number of guanidine groups is 1. The Balaban J connectivity index is 1.76. The van der Waals surface area contributed by atoms with E-state index in [0.29, 0.717) is 12.0 Å². The average molecular weight is 420 g/mol. The molecule has 30 heavy (non-hydrogen) atoms. The largest absolute Gasteiger partial charge is 0.493 e. The first-order chi connectivity index (χ1) is 14.6. The van der Waals surface area contributed by atoms with Crippen molar-refractivity contribution in [3.05, 3.63) is 29.8 Å². The quantitative estimate of drug-likeness (QED) is 0.318. The Hall–Kier alpha value is -1.79. The molecule has 6 heteroatoms. The molecular formula is C24H41N3O3. The van der Waals surface area contributed by atoms with Crippen molar-refractivity contribution in [1.29, 1.82) is 0 Å². The first-order valence-corrected chi connectivity index (χ1v) is 11.5. The Labute approximate surface area is 183 Å². The third-order valence-electron chi connectivity index (χ3n) is 5.09. The van der Waals surface area contributed by atoms with E-state index in [0.717, 1.165) is 83.4 Å². The Morgan fingerprint density at radius 1 is 1.17 bits per heavy atom. The zero-order valence-corrected chi connectivity index (χ0v) is 19.4. The van der Waals surface area contributed by atoms with Crippen LogP contribution in [0.15, 0.2) is 29.3 Å². The van der Waals surface area contributed by atoms with Gasteiger partial charge >= 0.3 is 0 Å². The lowest BCUT2D eigenvalue weighted by Gasteiger charge is -2.34. The number of nitrogens with zero attached hydrogens (tertiary/aromatic N) is 2. The highest BCUT2D eigenvalue weighted by atomic mass is 16.5. The van der Waals surface area contributed by atoms with E-state index in [2.05, 4.69) is 55.3 Å². The van der Waals surface area contributed by atoms with Crippen LogP contribution >= 0.6 is 0 Å². The summed E-state index contributed by atoms with van der Waals surface area (Å²) in [5.41, 5.74) is 1.29. The highest BCUT2D eigenvalue weighted by Crippen LogP contribution is 2.15. The fraction of sp³-hybridized carbons (Fsp3) is 0.708. The molecule has 0 amide bonds. The van der Waals surface area contributed by atoms with Gasteiger partial charge in [0.15, 0.2) is 5.96 Å². The first kappa shape index (κ1) is 24.5. The lowest BCUT2D eigenvalue weighted by atomic mass is 10.1. The van der Waals surface area contributed by atoms with Gasteiger partial charge in [-0.3, -0.25) is 4.99 Å². The van der Waals surface area contributed by atoms with E-state index in [-0.39, 0.29) is 0 Å². The molecule has 0 atom stereocenters. The Kier molecular flexibility index (Phi) is 11.6. The Morgan fingerprint density at radius 3 is 2.53 bits per heavy atom. The SMILES string of the molecule is CCNC(=NCCc1ccc(OCC(C)C)cc1)N1CCC(OCCCOC)CC1. The van der Waals surface area contributed by atoms with Crippen molar-refractivity contribution in [1.82, 2.24) is 10.2 Å². The van der Waals surface area contributed by atoms with Gasteiger partial charge in [-0.15, -0.1) is 0 Å². The molecule has 6 nitrogen and oxygen atoms in total. The second-order valence-corrected chi connectivity index (χ2v) is 8.24. The van der Waals surface area contributed by atoms with Gasteiger partial charge in [0.05, 0.1) is 12.7 Å². The summed E-state index contributed by atoms with van der Waals surface area (Å²) >= 11 is 0. The number of aliphatic imine (C=N–C) groups is 1. The minimum Gasteiger partial charge on any atom is -0.493 e. The lowest BCUT2D eigenvalue weighted by Crippen LogP contribution is -2.47. The molecule has 1 aliphatic heterocycles. The van der Waals surface area contributed by atoms with Gasteiger partial charge in [-0.1, -0.05) is 26.0 Å². The number of likely N-dealkylation sites (tertiary alicyclic amines) is 1. The summed E-state index contributed by atoms with van der Waals surface area (Å²) in [6.45, 7) is 12.4. The van der Waals surface area contributed by atoms with E-state index in [1.54, 1.807) is 7.11 Å². The van der Waals surface area contributed by atoms with Gasteiger partial charge in [0, 0.05) is 46.5 Å². The number of benzene rings is 1. The predicted octanol–water partition coefficient (Wildman–Crippen LogP) is 3.75. The highest BCUT2D eigenvalue weighted by Gasteiger charge is 2.21. The maximum Gasteiger partial charge on any atom is 0.193 e. The number of hydrogen-bond acceptors (Lipinski definition) is 4. The zero-order chi connectivity index (χ0) is 21.6. The number of rotatable bonds is 12. The standard InChI is InChI=1S/C24H41N3O3/c1-5-25-24(27-15-12-23(13-16-27)29-18-6-17-28-4)26-14-11-21-7-9-22(10-8-21)30-19-20(2)3/h7-10,20,23H,5-6,11-19H2,1-4H3,(H,25,26). The van der Waals surface area contributed by atoms with Gasteiger partial charge in [-0.2, -0.15) is 0 Å². The first-order valence-electron chi connectivity index (χ1n) is 11.5. The maximum absolute atomic E-state index is 5.97. The fourth-order valence-electron chi connectivity index (χ4n) is 3.42. The minimum absolute atomic E-state index is 0.359. The summed E-state index contributed by atoms with van der Waals surface area (Å²) in [6.07, 6.45) is 4.35. The highest BCUT2D eigenvalue weighted by molar-refractivity contribution is 5.80. The Morgan fingerprint density at radius 2 is 1.90 bits per heavy atom. The monoisotopic (exact) mass is 419 g/mol. The topological polar surface area (TPSA) is 55.3 Å². The van der Waals surface area contributed by atoms with Crippen molar-refractivity contribution >= 4 is 5.96 Å². The number of nitrogens with one attached hydrogen (secondary N) is 1. The molecule has 2 rings (SSSR count). The zero-order valence-electron chi connectivity index (χ0n) is 19.4. The number of hydrogen-bond donors (Lipinski definition) is 1. The summed E-state index contributed by atoms with van der Waals surface area (Å²) < 4.78 is 16.8. The van der Waals surface area contributed by atoms with Crippen LogP contribution in [0.25, 0.3) is 0 Å². The molecule has 1 aromatic rings. The van der Waals surface area contributed by atoms with Gasteiger partial charge in [-0.05, 0) is 56.2 Å². The smallest absolute Gasteiger partial charge is 0.193 e. The summed E-state index contributed by atoms with van der Waals surface area (Å²) in [6, 6.07) is 8.41. The summed E-state index contributed by atoms with van der Waals surface area (Å²) in [5.74, 6) is 2.50. The van der Waals surface area contributed by atoms with Crippen molar-refractivity contribution in [2.45, 2.75) is 52.6 Å². The molecule has 0 radical (unpaired) electrons. The number of methoxy groups -OCH3 is 1. The molecule has 1 N–H and O–H groups in total. The molecule has 0 aliphatic carbocycles. The second-order valence-electron chi connectivity index (χ2n) is 8.24. The molecule has 170 valence electrons.